The van der Waals surface area contributed by atoms with E-state index in [1.165, 1.54) is 24.1 Å². The van der Waals surface area contributed by atoms with E-state index in [1.807, 2.05) is 12.1 Å². The Morgan fingerprint density at radius 2 is 2.03 bits per heavy atom. The summed E-state index contributed by atoms with van der Waals surface area (Å²) >= 11 is 0. The maximum Gasteiger partial charge on any atom is 0.154 e. The first-order valence-corrected chi connectivity index (χ1v) is 12.3. The van der Waals surface area contributed by atoms with E-state index in [1.54, 1.807) is 12.5 Å². The quantitative estimate of drug-likeness (QED) is 0.434. The van der Waals surface area contributed by atoms with E-state index < -0.39 is 6.10 Å². The lowest BCUT2D eigenvalue weighted by atomic mass is 9.86. The Morgan fingerprint density at radius 1 is 1.15 bits per heavy atom. The van der Waals surface area contributed by atoms with Crippen molar-refractivity contribution in [2.45, 2.75) is 70.6 Å². The van der Waals surface area contributed by atoms with Gasteiger partial charge < -0.3 is 19.0 Å². The lowest BCUT2D eigenvalue weighted by molar-refractivity contribution is 0.189. The van der Waals surface area contributed by atoms with Crippen LogP contribution in [0.25, 0.3) is 22.0 Å². The molecule has 0 radical (unpaired) electrons. The fourth-order valence-electron chi connectivity index (χ4n) is 5.97. The molecule has 0 saturated heterocycles. The molecule has 1 aliphatic heterocycles. The summed E-state index contributed by atoms with van der Waals surface area (Å²) in [5.74, 6) is 1.39. The van der Waals surface area contributed by atoms with Crippen molar-refractivity contribution in [1.82, 2.24) is 14.5 Å². The third-order valence-corrected chi connectivity index (χ3v) is 7.98. The van der Waals surface area contributed by atoms with Crippen LogP contribution in [0.4, 0.5) is 5.69 Å². The second-order valence-electron chi connectivity index (χ2n) is 10.2. The van der Waals surface area contributed by atoms with E-state index in [-0.39, 0.29) is 0 Å². The molecule has 6 heteroatoms. The van der Waals surface area contributed by atoms with Crippen molar-refractivity contribution < 1.29 is 9.52 Å². The van der Waals surface area contributed by atoms with Gasteiger partial charge in [-0.3, -0.25) is 4.98 Å². The van der Waals surface area contributed by atoms with Crippen LogP contribution in [0.15, 0.2) is 41.1 Å². The molecule has 1 fully saturated rings. The summed E-state index contributed by atoms with van der Waals surface area (Å²) < 4.78 is 7.79. The van der Waals surface area contributed by atoms with Crippen LogP contribution in [0, 0.1) is 5.92 Å². The van der Waals surface area contributed by atoms with Gasteiger partial charge in [-0.2, -0.15) is 0 Å². The molecule has 172 valence electrons. The molecule has 4 atom stereocenters. The number of fused-ring (bicyclic) bond motifs is 4. The zero-order valence-electron chi connectivity index (χ0n) is 19.7. The van der Waals surface area contributed by atoms with Gasteiger partial charge in [0.2, 0.25) is 0 Å². The molecule has 0 spiro atoms. The number of imidazole rings is 1. The molecular formula is C27H32N4O2. The van der Waals surface area contributed by atoms with Gasteiger partial charge in [-0.05, 0) is 62.8 Å². The largest absolute Gasteiger partial charge is 0.463 e. The second-order valence-corrected chi connectivity index (χ2v) is 10.2. The molecule has 3 aromatic heterocycles. The Kier molecular flexibility index (Phi) is 4.94. The maximum atomic E-state index is 11.6. The number of anilines is 1. The Hall–Kier alpha value is -2.86. The van der Waals surface area contributed by atoms with Crippen LogP contribution in [0.3, 0.4) is 0 Å². The molecule has 33 heavy (non-hydrogen) atoms. The summed E-state index contributed by atoms with van der Waals surface area (Å²) in [5, 5.41) is 12.5. The van der Waals surface area contributed by atoms with E-state index in [2.05, 4.69) is 47.5 Å². The first-order chi connectivity index (χ1) is 16.0. The van der Waals surface area contributed by atoms with Gasteiger partial charge in [0.1, 0.15) is 5.82 Å². The lowest BCUT2D eigenvalue weighted by Gasteiger charge is -2.34. The highest BCUT2D eigenvalue weighted by molar-refractivity contribution is 5.86. The monoisotopic (exact) mass is 444 g/mol. The number of aromatic nitrogens is 3. The Bertz CT molecular complexity index is 1320. The van der Waals surface area contributed by atoms with E-state index in [9.17, 15) is 5.11 Å². The smallest absolute Gasteiger partial charge is 0.154 e. The summed E-state index contributed by atoms with van der Waals surface area (Å²) in [7, 11) is 2.17. The highest BCUT2D eigenvalue weighted by Crippen LogP contribution is 2.41. The van der Waals surface area contributed by atoms with Crippen molar-refractivity contribution in [1.29, 1.82) is 0 Å². The first kappa shape index (κ1) is 20.7. The van der Waals surface area contributed by atoms with Crippen LogP contribution in [-0.4, -0.2) is 32.7 Å². The minimum Gasteiger partial charge on any atom is -0.463 e. The maximum absolute atomic E-state index is 11.6. The fourth-order valence-corrected chi connectivity index (χ4v) is 5.97. The molecule has 4 aromatic rings. The molecule has 6 nitrogen and oxygen atoms in total. The molecule has 1 aromatic carbocycles. The Labute approximate surface area is 194 Å². The number of furan rings is 1. The molecule has 4 heterocycles. The number of benzene rings is 1. The van der Waals surface area contributed by atoms with Crippen LogP contribution >= 0.6 is 0 Å². The number of aliphatic hydroxyl groups excluding tert-OH is 1. The Morgan fingerprint density at radius 3 is 2.88 bits per heavy atom. The third-order valence-electron chi connectivity index (χ3n) is 7.98. The normalized spacial score (nSPS) is 24.4. The minimum atomic E-state index is -0.884. The van der Waals surface area contributed by atoms with E-state index in [0.29, 0.717) is 29.5 Å². The van der Waals surface area contributed by atoms with Gasteiger partial charge in [-0.25, -0.2) is 4.98 Å². The van der Waals surface area contributed by atoms with Crippen molar-refractivity contribution in [3.63, 3.8) is 0 Å². The van der Waals surface area contributed by atoms with Gasteiger partial charge in [0.05, 0.1) is 29.2 Å². The number of hydrogen-bond acceptors (Lipinski definition) is 5. The predicted octanol–water partition coefficient (Wildman–Crippen LogP) is 5.78. The number of aliphatic hydroxyl groups is 1. The van der Waals surface area contributed by atoms with Crippen LogP contribution in [0.1, 0.15) is 75.2 Å². The molecule has 1 saturated carbocycles. The van der Waals surface area contributed by atoms with Gasteiger partial charge in [0.25, 0.3) is 0 Å². The zero-order valence-corrected chi connectivity index (χ0v) is 19.7. The van der Waals surface area contributed by atoms with Crippen LogP contribution in [0.2, 0.25) is 0 Å². The summed E-state index contributed by atoms with van der Waals surface area (Å²) in [6.07, 6.45) is 9.34. The van der Waals surface area contributed by atoms with Crippen LogP contribution < -0.4 is 4.90 Å². The Balaban J connectivity index is 1.53. The van der Waals surface area contributed by atoms with Crippen molar-refractivity contribution in [2.75, 3.05) is 11.9 Å². The van der Waals surface area contributed by atoms with Gasteiger partial charge in [-0.1, -0.05) is 19.8 Å². The van der Waals surface area contributed by atoms with Crippen molar-refractivity contribution in [2.24, 2.45) is 5.92 Å². The summed E-state index contributed by atoms with van der Waals surface area (Å²) in [4.78, 5) is 12.0. The van der Waals surface area contributed by atoms with Gasteiger partial charge in [0.15, 0.2) is 11.7 Å². The fraction of sp³-hybridized carbons (Fsp3) is 0.481. The standard InChI is InChI=1S/C27H32N4O2/c1-16-5-4-6-19(13-16)31-23-10-9-22-20(8-7-17(2)30(22)3)25(23)29-27(31)26(32)21-14-18-11-12-33-24(18)15-28-21/h9-12,14-17,19,26,32H,4-8,13H2,1-3H3. The lowest BCUT2D eigenvalue weighted by Crippen LogP contribution is -2.33. The number of pyridine rings is 1. The highest BCUT2D eigenvalue weighted by Gasteiger charge is 2.31. The molecular weight excluding hydrogens is 412 g/mol. The summed E-state index contributed by atoms with van der Waals surface area (Å²) in [6, 6.07) is 9.17. The summed E-state index contributed by atoms with van der Waals surface area (Å²) in [5.41, 5.74) is 6.11. The number of nitrogens with zero attached hydrogens (tertiary/aromatic N) is 4. The number of hydrogen-bond donors (Lipinski definition) is 1. The van der Waals surface area contributed by atoms with Gasteiger partial charge in [0, 0.05) is 35.8 Å². The SMILES string of the molecule is CC1CCCC(n2c(C(O)c3cc4ccoc4cn3)nc3c4c(ccc32)N(C)C(C)CC4)C1. The molecule has 6 rings (SSSR count). The second kappa shape index (κ2) is 7.87. The van der Waals surface area contributed by atoms with E-state index in [0.717, 1.165) is 47.7 Å². The van der Waals surface area contributed by atoms with Crippen molar-refractivity contribution >= 4 is 27.7 Å². The number of aryl methyl sites for hydroxylation is 1. The summed E-state index contributed by atoms with van der Waals surface area (Å²) in [6.45, 7) is 4.62. The van der Waals surface area contributed by atoms with Crippen LogP contribution in [-0.2, 0) is 6.42 Å². The zero-order chi connectivity index (χ0) is 22.7. The molecule has 4 unspecified atom stereocenters. The third kappa shape index (κ3) is 3.34. The molecule has 0 bridgehead atoms. The van der Waals surface area contributed by atoms with Crippen molar-refractivity contribution in [3.05, 3.63) is 53.8 Å². The average Bonchev–Trinajstić information content (AvgIpc) is 3.45. The molecule has 2 aliphatic rings. The molecule has 1 aliphatic carbocycles. The van der Waals surface area contributed by atoms with Crippen molar-refractivity contribution in [3.8, 4) is 0 Å². The first-order valence-electron chi connectivity index (χ1n) is 12.3. The number of rotatable bonds is 3. The van der Waals surface area contributed by atoms with E-state index >= 15 is 0 Å². The molecule has 1 N–H and O–H groups in total. The van der Waals surface area contributed by atoms with E-state index in [4.69, 9.17) is 9.40 Å². The van der Waals surface area contributed by atoms with Gasteiger partial charge in [-0.15, -0.1) is 0 Å². The van der Waals surface area contributed by atoms with Gasteiger partial charge >= 0.3 is 0 Å². The average molecular weight is 445 g/mol. The van der Waals surface area contributed by atoms with Crippen LogP contribution in [0.5, 0.6) is 0 Å². The minimum absolute atomic E-state index is 0.347. The topological polar surface area (TPSA) is 67.3 Å². The predicted molar refractivity (Wildman–Crippen MR) is 131 cm³/mol. The highest BCUT2D eigenvalue weighted by atomic mass is 16.3. The molecule has 0 amide bonds.